The molecule has 204 valence electrons. The van der Waals surface area contributed by atoms with Gasteiger partial charge in [0, 0.05) is 42.8 Å². The van der Waals surface area contributed by atoms with E-state index >= 15 is 0 Å². The molecule has 0 radical (unpaired) electrons. The van der Waals surface area contributed by atoms with E-state index in [0.29, 0.717) is 0 Å². The zero-order chi connectivity index (χ0) is 28.7. The van der Waals surface area contributed by atoms with E-state index in [4.69, 9.17) is 0 Å². The molecule has 5 heteroatoms. The Hall–Kier alpha value is -3.07. The van der Waals surface area contributed by atoms with Gasteiger partial charge in [-0.15, -0.1) is 34.0 Å². The second-order valence-corrected chi connectivity index (χ2v) is 16.0. The Morgan fingerprint density at radius 1 is 0.465 bits per heavy atom. The lowest BCUT2D eigenvalue weighted by Gasteiger charge is -2.07. The van der Waals surface area contributed by atoms with Gasteiger partial charge in [-0.25, -0.2) is 0 Å². The van der Waals surface area contributed by atoms with Crippen molar-refractivity contribution in [2.45, 2.75) is 0 Å². The molecule has 6 aromatic carbocycles. The molecule has 0 aliphatic carbocycles. The van der Waals surface area contributed by atoms with Crippen LogP contribution in [0.15, 0.2) is 126 Å². The first-order valence-electron chi connectivity index (χ1n) is 13.9. The Balaban J connectivity index is 1.16. The van der Waals surface area contributed by atoms with Gasteiger partial charge in [-0.3, -0.25) is 0 Å². The highest BCUT2D eigenvalue weighted by Gasteiger charge is 2.17. The molecule has 0 atom stereocenters. The summed E-state index contributed by atoms with van der Waals surface area (Å²) in [4.78, 5) is 3.96. The molecular weight excluding hydrogens is 759 g/mol. The molecule has 9 aromatic rings. The molecule has 3 aromatic heterocycles. The SMILES string of the molecule is Brc1cc2cc3sc(-c4ccccc4)cc3cc2cc1-c1sc2cc3cc4sc(-c5ccccc5)cc4cc3cc2c1I. The van der Waals surface area contributed by atoms with E-state index in [9.17, 15) is 0 Å². The summed E-state index contributed by atoms with van der Waals surface area (Å²) in [6, 6.07) is 44.9. The van der Waals surface area contributed by atoms with Gasteiger partial charge in [0.25, 0.3) is 0 Å². The fourth-order valence-electron chi connectivity index (χ4n) is 5.99. The molecule has 43 heavy (non-hydrogen) atoms. The van der Waals surface area contributed by atoms with Gasteiger partial charge in [0.05, 0.1) is 4.88 Å². The number of rotatable bonds is 3. The minimum atomic E-state index is 1.14. The number of benzene rings is 6. The van der Waals surface area contributed by atoms with Crippen LogP contribution in [0.1, 0.15) is 0 Å². The molecule has 0 saturated heterocycles. The molecule has 0 spiro atoms. The van der Waals surface area contributed by atoms with Crippen molar-refractivity contribution in [3.05, 3.63) is 129 Å². The Bertz CT molecular complexity index is 2520. The first-order chi connectivity index (χ1) is 21.1. The molecule has 0 fully saturated rings. The highest BCUT2D eigenvalue weighted by Crippen LogP contribution is 2.46. The summed E-state index contributed by atoms with van der Waals surface area (Å²) in [6.45, 7) is 0. The Labute approximate surface area is 282 Å². The zero-order valence-corrected chi connectivity index (χ0v) is 28.7. The first kappa shape index (κ1) is 26.3. The van der Waals surface area contributed by atoms with E-state index in [-0.39, 0.29) is 0 Å². The maximum Gasteiger partial charge on any atom is 0.0500 e. The fraction of sp³-hybridized carbons (Fsp3) is 0. The van der Waals surface area contributed by atoms with E-state index in [1.54, 1.807) is 0 Å². The third-order valence-electron chi connectivity index (χ3n) is 8.14. The maximum absolute atomic E-state index is 3.95. The third kappa shape index (κ3) is 4.47. The zero-order valence-electron chi connectivity index (χ0n) is 22.5. The average Bonchev–Trinajstić information content (AvgIpc) is 3.73. The van der Waals surface area contributed by atoms with Crippen LogP contribution in [0, 0.1) is 3.57 Å². The lowest BCUT2D eigenvalue weighted by Crippen LogP contribution is -1.82. The second-order valence-electron chi connectivity index (χ2n) is 10.9. The molecular formula is C38H20BrIS3. The van der Waals surface area contributed by atoms with Gasteiger partial charge in [-0.1, -0.05) is 76.6 Å². The molecule has 0 aliphatic heterocycles. The molecule has 0 aliphatic rings. The summed E-state index contributed by atoms with van der Waals surface area (Å²) in [5.74, 6) is 0. The number of fused-ring (bicyclic) bond motifs is 5. The molecule has 0 amide bonds. The minimum Gasteiger partial charge on any atom is -0.135 e. The molecule has 3 heterocycles. The predicted octanol–water partition coefficient (Wildman–Crippen LogP) is 14.0. The molecule has 0 N–H and O–H groups in total. The van der Waals surface area contributed by atoms with Crippen LogP contribution in [0.4, 0.5) is 0 Å². The van der Waals surface area contributed by atoms with Crippen LogP contribution in [-0.2, 0) is 0 Å². The van der Waals surface area contributed by atoms with Gasteiger partial charge in [0.15, 0.2) is 0 Å². The highest BCUT2D eigenvalue weighted by atomic mass is 127. The van der Waals surface area contributed by atoms with Crippen molar-refractivity contribution in [2.75, 3.05) is 0 Å². The summed E-state index contributed by atoms with van der Waals surface area (Å²) >= 11 is 12.1. The minimum absolute atomic E-state index is 1.14. The van der Waals surface area contributed by atoms with E-state index in [1.807, 2.05) is 34.0 Å². The normalized spacial score (nSPS) is 12.0. The van der Waals surface area contributed by atoms with Crippen molar-refractivity contribution >= 4 is 124 Å². The van der Waals surface area contributed by atoms with Gasteiger partial charge in [-0.05, 0) is 127 Å². The summed E-state index contributed by atoms with van der Waals surface area (Å²) in [5.41, 5.74) is 3.82. The van der Waals surface area contributed by atoms with Crippen molar-refractivity contribution in [1.29, 1.82) is 0 Å². The molecule has 0 saturated carbocycles. The monoisotopic (exact) mass is 778 g/mol. The summed E-state index contributed by atoms with van der Waals surface area (Å²) in [7, 11) is 0. The predicted molar refractivity (Wildman–Crippen MR) is 204 cm³/mol. The van der Waals surface area contributed by atoms with Crippen molar-refractivity contribution in [1.82, 2.24) is 0 Å². The van der Waals surface area contributed by atoms with E-state index < -0.39 is 0 Å². The standard InChI is InChI=1S/C38H20BrIS3/c39-31-15-25-16-34-27(19-32(41-34)21-7-3-1-4-8-21)11-23(25)13-29(31)38-37(40)30-14-24-12-28-20-33(22-9-5-2-6-10-22)42-35(28)17-26(24)18-36(30)43-38/h1-20H. The van der Waals surface area contributed by atoms with E-state index in [1.165, 1.54) is 86.7 Å². The Morgan fingerprint density at radius 2 is 0.977 bits per heavy atom. The van der Waals surface area contributed by atoms with Gasteiger partial charge in [-0.2, -0.15) is 0 Å². The van der Waals surface area contributed by atoms with Crippen LogP contribution in [0.2, 0.25) is 0 Å². The number of hydrogen-bond donors (Lipinski definition) is 0. The van der Waals surface area contributed by atoms with Crippen molar-refractivity contribution in [2.24, 2.45) is 0 Å². The van der Waals surface area contributed by atoms with Crippen LogP contribution in [0.25, 0.3) is 83.1 Å². The average molecular weight is 780 g/mol. The second kappa shape index (κ2) is 10.2. The fourth-order valence-corrected chi connectivity index (χ4v) is 11.3. The Morgan fingerprint density at radius 3 is 1.58 bits per heavy atom. The van der Waals surface area contributed by atoms with Gasteiger partial charge in [0.2, 0.25) is 0 Å². The summed E-state index contributed by atoms with van der Waals surface area (Å²) in [5, 5.41) is 9.09. The van der Waals surface area contributed by atoms with Crippen molar-refractivity contribution < 1.29 is 0 Å². The molecule has 9 rings (SSSR count). The first-order valence-corrected chi connectivity index (χ1v) is 18.3. The molecule has 0 bridgehead atoms. The largest absolute Gasteiger partial charge is 0.135 e. The maximum atomic E-state index is 3.95. The highest BCUT2D eigenvalue weighted by molar-refractivity contribution is 14.1. The topological polar surface area (TPSA) is 0 Å². The lowest BCUT2D eigenvalue weighted by atomic mass is 10.0. The summed E-state index contributed by atoms with van der Waals surface area (Å²) in [6.07, 6.45) is 0. The van der Waals surface area contributed by atoms with Crippen LogP contribution in [-0.4, -0.2) is 0 Å². The van der Waals surface area contributed by atoms with Crippen LogP contribution < -0.4 is 0 Å². The van der Waals surface area contributed by atoms with Crippen LogP contribution in [0.5, 0.6) is 0 Å². The van der Waals surface area contributed by atoms with Gasteiger partial charge in [0.1, 0.15) is 0 Å². The molecule has 0 unspecified atom stereocenters. The van der Waals surface area contributed by atoms with Crippen LogP contribution in [0.3, 0.4) is 0 Å². The summed E-state index contributed by atoms with van der Waals surface area (Å²) < 4.78 is 6.45. The quantitative estimate of drug-likeness (QED) is 0.157. The van der Waals surface area contributed by atoms with E-state index in [2.05, 4.69) is 160 Å². The number of thiophene rings is 3. The smallest absolute Gasteiger partial charge is 0.0500 e. The van der Waals surface area contributed by atoms with Crippen LogP contribution >= 0.6 is 72.5 Å². The number of halogens is 2. The number of hydrogen-bond acceptors (Lipinski definition) is 3. The third-order valence-corrected chi connectivity index (χ3v) is 13.8. The lowest BCUT2D eigenvalue weighted by molar-refractivity contribution is 1.70. The van der Waals surface area contributed by atoms with E-state index in [0.717, 1.165) is 4.47 Å². The van der Waals surface area contributed by atoms with Crippen molar-refractivity contribution in [3.63, 3.8) is 0 Å². The Kier molecular flexibility index (Phi) is 6.28. The van der Waals surface area contributed by atoms with Crippen molar-refractivity contribution in [3.8, 4) is 31.3 Å². The van der Waals surface area contributed by atoms with Gasteiger partial charge >= 0.3 is 0 Å². The van der Waals surface area contributed by atoms with Gasteiger partial charge < -0.3 is 0 Å². The molecule has 0 nitrogen and oxygen atoms in total.